The number of phenolic OH excluding ortho intramolecular Hbond substituents is 1. The van der Waals surface area contributed by atoms with E-state index in [0.29, 0.717) is 6.54 Å². The molecule has 2 rings (SSSR count). The number of phenols is 1. The normalized spacial score (nSPS) is 13.4. The van der Waals surface area contributed by atoms with E-state index in [1.165, 1.54) is 6.42 Å². The molecule has 8 nitrogen and oxygen atoms in total. The van der Waals surface area contributed by atoms with E-state index in [4.69, 9.17) is 4.74 Å². The zero-order valence-corrected chi connectivity index (χ0v) is 28.9. The Morgan fingerprint density at radius 1 is 0.867 bits per heavy atom. The van der Waals surface area contributed by atoms with Crippen LogP contribution in [0.3, 0.4) is 0 Å². The third-order valence-corrected chi connectivity index (χ3v) is 7.92. The van der Waals surface area contributed by atoms with Gasteiger partial charge in [-0.2, -0.15) is 0 Å². The number of unbranched alkanes of at least 4 members (excludes halogenated alkanes) is 5. The van der Waals surface area contributed by atoms with E-state index >= 15 is 0 Å². The van der Waals surface area contributed by atoms with Crippen LogP contribution in [0.2, 0.25) is 0 Å². The summed E-state index contributed by atoms with van der Waals surface area (Å²) in [4.78, 5) is 43.5. The highest BCUT2D eigenvalue weighted by Crippen LogP contribution is 2.27. The molecule has 0 bridgehead atoms. The van der Waals surface area contributed by atoms with Gasteiger partial charge in [-0.15, -0.1) is 0 Å². The number of benzene rings is 2. The molecule has 0 radical (unpaired) electrons. The van der Waals surface area contributed by atoms with Gasteiger partial charge in [-0.1, -0.05) is 82.7 Å². The fourth-order valence-corrected chi connectivity index (χ4v) is 5.38. The van der Waals surface area contributed by atoms with E-state index in [0.717, 1.165) is 67.2 Å². The molecule has 0 heterocycles. The summed E-state index contributed by atoms with van der Waals surface area (Å²) >= 11 is 0. The maximum absolute atomic E-state index is 14.7. The summed E-state index contributed by atoms with van der Waals surface area (Å²) in [6.45, 7) is 15.9. The van der Waals surface area contributed by atoms with E-state index < -0.39 is 23.8 Å². The van der Waals surface area contributed by atoms with Gasteiger partial charge in [-0.3, -0.25) is 9.59 Å². The number of nitrogens with one attached hydrogen (secondary N) is 2. The highest BCUT2D eigenvalue weighted by atomic mass is 16.6. The van der Waals surface area contributed by atoms with Crippen LogP contribution in [0.25, 0.3) is 0 Å². The van der Waals surface area contributed by atoms with Crippen LogP contribution in [0.5, 0.6) is 5.75 Å². The Bertz CT molecular complexity index is 1220. The molecule has 250 valence electrons. The van der Waals surface area contributed by atoms with Crippen molar-refractivity contribution in [1.29, 1.82) is 0 Å². The molecule has 8 heteroatoms. The van der Waals surface area contributed by atoms with Crippen molar-refractivity contribution in [3.8, 4) is 5.75 Å². The summed E-state index contributed by atoms with van der Waals surface area (Å²) in [6, 6.07) is 10.5. The number of rotatable bonds is 17. The number of nitrogens with zero attached hydrogens (tertiary/aromatic N) is 1. The molecule has 0 aliphatic carbocycles. The van der Waals surface area contributed by atoms with Gasteiger partial charge in [0.2, 0.25) is 11.8 Å². The summed E-state index contributed by atoms with van der Waals surface area (Å²) in [6.07, 6.45) is 7.35. The number of amides is 3. The largest absolute Gasteiger partial charge is 0.508 e. The number of carbonyl (C=O) groups is 3. The summed E-state index contributed by atoms with van der Waals surface area (Å²) in [5.41, 5.74) is 2.87. The van der Waals surface area contributed by atoms with E-state index in [1.54, 1.807) is 49.9 Å². The molecular formula is C37H57N3O5. The molecular weight excluding hydrogens is 566 g/mol. The third-order valence-electron chi connectivity index (χ3n) is 7.92. The van der Waals surface area contributed by atoms with Gasteiger partial charge in [-0.25, -0.2) is 4.79 Å². The Morgan fingerprint density at radius 2 is 1.51 bits per heavy atom. The Morgan fingerprint density at radius 3 is 2.11 bits per heavy atom. The van der Waals surface area contributed by atoms with Crippen LogP contribution < -0.4 is 10.6 Å². The first-order valence-electron chi connectivity index (χ1n) is 16.7. The number of hydrogen-bond acceptors (Lipinski definition) is 5. The predicted molar refractivity (Wildman–Crippen MR) is 181 cm³/mol. The van der Waals surface area contributed by atoms with E-state index in [9.17, 15) is 19.5 Å². The van der Waals surface area contributed by atoms with Crippen LogP contribution in [-0.2, 0) is 20.7 Å². The maximum atomic E-state index is 14.7. The lowest BCUT2D eigenvalue weighted by Crippen LogP contribution is -2.54. The minimum atomic E-state index is -1.00. The molecule has 2 aromatic carbocycles. The minimum absolute atomic E-state index is 0.0600. The van der Waals surface area contributed by atoms with Gasteiger partial charge in [0.15, 0.2) is 0 Å². The third kappa shape index (κ3) is 13.1. The van der Waals surface area contributed by atoms with Crippen molar-refractivity contribution in [2.24, 2.45) is 0 Å². The lowest BCUT2D eigenvalue weighted by molar-refractivity contribution is -0.142. The van der Waals surface area contributed by atoms with E-state index in [-0.39, 0.29) is 30.0 Å². The van der Waals surface area contributed by atoms with Gasteiger partial charge < -0.3 is 25.4 Å². The molecule has 0 aliphatic rings. The van der Waals surface area contributed by atoms with Crippen molar-refractivity contribution in [3.05, 3.63) is 64.7 Å². The van der Waals surface area contributed by atoms with Gasteiger partial charge in [0.05, 0.1) is 0 Å². The number of ether oxygens (including phenoxy) is 1. The second-order valence-corrected chi connectivity index (χ2v) is 13.3. The predicted octanol–water partition coefficient (Wildman–Crippen LogP) is 7.68. The van der Waals surface area contributed by atoms with Gasteiger partial charge >= 0.3 is 6.09 Å². The lowest BCUT2D eigenvalue weighted by atomic mass is 9.96. The summed E-state index contributed by atoms with van der Waals surface area (Å²) in [5, 5.41) is 15.8. The van der Waals surface area contributed by atoms with Crippen LogP contribution in [0.15, 0.2) is 42.5 Å². The van der Waals surface area contributed by atoms with Crippen molar-refractivity contribution < 1.29 is 24.2 Å². The van der Waals surface area contributed by atoms with Gasteiger partial charge in [0, 0.05) is 19.0 Å². The fourth-order valence-electron chi connectivity index (χ4n) is 5.38. The number of aryl methyl sites for hydroxylation is 2. The number of aromatic hydroxyl groups is 1. The first kappa shape index (κ1) is 37.6. The summed E-state index contributed by atoms with van der Waals surface area (Å²) in [5.74, 6) is -0.484. The number of alkyl carbamates (subject to hydrolysis) is 1. The molecule has 0 saturated carbocycles. The van der Waals surface area contributed by atoms with Crippen LogP contribution in [0.1, 0.15) is 121 Å². The first-order chi connectivity index (χ1) is 21.2. The second-order valence-electron chi connectivity index (χ2n) is 13.3. The molecule has 3 amide bonds. The van der Waals surface area contributed by atoms with E-state index in [1.807, 2.05) is 39.0 Å². The smallest absolute Gasteiger partial charge is 0.408 e. The molecule has 0 saturated heterocycles. The summed E-state index contributed by atoms with van der Waals surface area (Å²) in [7, 11) is 0. The Kier molecular flexibility index (Phi) is 15.4. The molecule has 0 fully saturated rings. The van der Waals surface area contributed by atoms with Gasteiger partial charge in [-0.05, 0) is 88.8 Å². The second kappa shape index (κ2) is 18.4. The quantitative estimate of drug-likeness (QED) is 0.157. The van der Waals surface area contributed by atoms with Gasteiger partial charge in [0.1, 0.15) is 23.4 Å². The molecule has 0 aliphatic heterocycles. The highest BCUT2D eigenvalue weighted by molar-refractivity contribution is 5.92. The van der Waals surface area contributed by atoms with Crippen LogP contribution >= 0.6 is 0 Å². The molecule has 0 aromatic heterocycles. The van der Waals surface area contributed by atoms with Crippen LogP contribution in [0, 0.1) is 13.8 Å². The molecule has 0 spiro atoms. The van der Waals surface area contributed by atoms with Crippen LogP contribution in [-0.4, -0.2) is 52.1 Å². The maximum Gasteiger partial charge on any atom is 0.408 e. The van der Waals surface area contributed by atoms with Crippen molar-refractivity contribution in [3.63, 3.8) is 0 Å². The highest BCUT2D eigenvalue weighted by Gasteiger charge is 2.36. The average Bonchev–Trinajstić information content (AvgIpc) is 2.95. The zero-order valence-electron chi connectivity index (χ0n) is 28.9. The molecule has 3 atom stereocenters. The van der Waals surface area contributed by atoms with Crippen molar-refractivity contribution in [1.82, 2.24) is 15.5 Å². The van der Waals surface area contributed by atoms with Gasteiger partial charge in [0.25, 0.3) is 0 Å². The van der Waals surface area contributed by atoms with Crippen LogP contribution in [0.4, 0.5) is 4.79 Å². The van der Waals surface area contributed by atoms with Crippen molar-refractivity contribution in [2.45, 2.75) is 137 Å². The molecule has 45 heavy (non-hydrogen) atoms. The first-order valence-corrected chi connectivity index (χ1v) is 16.7. The van der Waals surface area contributed by atoms with E-state index in [2.05, 4.69) is 24.5 Å². The molecule has 3 N–H and O–H groups in total. The average molecular weight is 624 g/mol. The number of carbonyl (C=O) groups excluding carboxylic acids is 3. The number of hydrogen-bond donors (Lipinski definition) is 3. The fraction of sp³-hybridized carbons (Fsp3) is 0.595. The SMILES string of the molecule is CCCCCCCCN(C(=O)C(Cc1ccc(O)cc1)NC(=O)OC(C)(C)C)C(C(=O)NC(C)CCC)c1ccc(C)c(C)c1. The Balaban J connectivity index is 2.58. The van der Waals surface area contributed by atoms with Crippen molar-refractivity contribution >= 4 is 17.9 Å². The zero-order chi connectivity index (χ0) is 33.6. The monoisotopic (exact) mass is 623 g/mol. The Labute approximate surface area is 271 Å². The standard InChI is InChI=1S/C37H57N3O5/c1-9-11-12-13-14-15-23-40(33(34(42)38-28(5)16-10-2)30-20-17-26(3)27(4)24-30)35(43)32(39-36(44)45-37(6,7)8)25-29-18-21-31(41)22-19-29/h17-22,24,28,32-33,41H,9-16,23,25H2,1-8H3,(H,38,42)(H,39,44). The Hall–Kier alpha value is -3.55. The topological polar surface area (TPSA) is 108 Å². The lowest BCUT2D eigenvalue weighted by Gasteiger charge is -2.35. The summed E-state index contributed by atoms with van der Waals surface area (Å²) < 4.78 is 5.55. The molecule has 2 aromatic rings. The van der Waals surface area contributed by atoms with Crippen molar-refractivity contribution in [2.75, 3.05) is 6.54 Å². The minimum Gasteiger partial charge on any atom is -0.508 e. The molecule has 3 unspecified atom stereocenters.